The van der Waals surface area contributed by atoms with E-state index in [9.17, 15) is 0 Å². The smallest absolute Gasteiger partial charge is 0.0475 e. The maximum atomic E-state index is 5.37. The predicted molar refractivity (Wildman–Crippen MR) is 56.5 cm³/mol. The Bertz CT molecular complexity index is 117. The topological polar surface area (TPSA) is 9.23 Å². The molecule has 0 aromatic carbocycles. The molecule has 0 aliphatic rings. The van der Waals surface area contributed by atoms with Crippen LogP contribution in [0.5, 0.6) is 0 Å². The van der Waals surface area contributed by atoms with E-state index < -0.39 is 0 Å². The number of alkyl halides is 1. The second kappa shape index (κ2) is 11.0. The van der Waals surface area contributed by atoms with Gasteiger partial charge in [0.05, 0.1) is 0 Å². The summed E-state index contributed by atoms with van der Waals surface area (Å²) in [4.78, 5) is 0. The zero-order valence-electron chi connectivity index (χ0n) is 7.52. The third kappa shape index (κ3) is 10.0. The van der Waals surface area contributed by atoms with Gasteiger partial charge in [-0.2, -0.15) is 0 Å². The number of unbranched alkanes of at least 4 members (excludes halogenated alkanes) is 3. The first-order valence-corrected chi connectivity index (χ1v) is 5.61. The molecule has 0 heterocycles. The van der Waals surface area contributed by atoms with E-state index in [0.717, 1.165) is 31.4 Å². The fourth-order valence-corrected chi connectivity index (χ4v) is 1.25. The summed E-state index contributed by atoms with van der Waals surface area (Å²) < 4.78 is 5.37. The van der Waals surface area contributed by atoms with Crippen molar-refractivity contribution in [2.75, 3.05) is 18.5 Å². The average molecular weight is 233 g/mol. The first-order chi connectivity index (χ1) is 5.91. The van der Waals surface area contributed by atoms with Crippen LogP contribution >= 0.6 is 15.9 Å². The van der Waals surface area contributed by atoms with Crippen LogP contribution < -0.4 is 0 Å². The first kappa shape index (κ1) is 12.0. The van der Waals surface area contributed by atoms with E-state index in [0.29, 0.717) is 0 Å². The van der Waals surface area contributed by atoms with Crippen LogP contribution in [0.4, 0.5) is 0 Å². The molecular weight excluding hydrogens is 216 g/mol. The van der Waals surface area contributed by atoms with E-state index in [-0.39, 0.29) is 0 Å². The van der Waals surface area contributed by atoms with Gasteiger partial charge in [0.25, 0.3) is 0 Å². The van der Waals surface area contributed by atoms with Crippen molar-refractivity contribution >= 4 is 15.9 Å². The normalized spacial score (nSPS) is 9.67. The largest absolute Gasteiger partial charge is 0.381 e. The molecule has 0 bridgehead atoms. The van der Waals surface area contributed by atoms with Gasteiger partial charge in [0, 0.05) is 25.0 Å². The van der Waals surface area contributed by atoms with Crippen LogP contribution in [0.25, 0.3) is 0 Å². The third-order valence-corrected chi connectivity index (χ3v) is 2.09. The van der Waals surface area contributed by atoms with Crippen molar-refractivity contribution in [2.24, 2.45) is 0 Å². The van der Waals surface area contributed by atoms with Crippen LogP contribution in [0.1, 0.15) is 32.1 Å². The standard InChI is InChI=1S/C10H17BrO/c1-2-3-6-9-12-10-7-4-5-8-11/h1H,3-10H2. The molecule has 0 spiro atoms. The van der Waals surface area contributed by atoms with Crippen molar-refractivity contribution in [3.05, 3.63) is 0 Å². The minimum Gasteiger partial charge on any atom is -0.381 e. The minimum absolute atomic E-state index is 0.818. The van der Waals surface area contributed by atoms with Crippen molar-refractivity contribution in [1.82, 2.24) is 0 Å². The Kier molecular flexibility index (Phi) is 11.0. The maximum Gasteiger partial charge on any atom is 0.0475 e. The summed E-state index contributed by atoms with van der Waals surface area (Å²) in [5.74, 6) is 2.59. The predicted octanol–water partition coefficient (Wildman–Crippen LogP) is 2.98. The minimum atomic E-state index is 0.818. The molecule has 2 heteroatoms. The first-order valence-electron chi connectivity index (χ1n) is 4.49. The Balaban J connectivity index is 2.78. The van der Waals surface area contributed by atoms with Gasteiger partial charge in [-0.05, 0) is 19.3 Å². The zero-order chi connectivity index (χ0) is 9.07. The van der Waals surface area contributed by atoms with Gasteiger partial charge >= 0.3 is 0 Å². The molecule has 0 N–H and O–H groups in total. The van der Waals surface area contributed by atoms with E-state index >= 15 is 0 Å². The second-order valence-electron chi connectivity index (χ2n) is 2.67. The van der Waals surface area contributed by atoms with Crippen LogP contribution in [-0.2, 0) is 4.74 Å². The highest BCUT2D eigenvalue weighted by Gasteiger charge is 1.89. The Hall–Kier alpha value is 0. The van der Waals surface area contributed by atoms with Crippen LogP contribution in [-0.4, -0.2) is 18.5 Å². The molecule has 0 fully saturated rings. The summed E-state index contributed by atoms with van der Waals surface area (Å²) in [7, 11) is 0. The SMILES string of the molecule is C#CCCCOCCCCCBr. The molecule has 0 saturated heterocycles. The molecule has 0 atom stereocenters. The number of halogens is 1. The lowest BCUT2D eigenvalue weighted by atomic mass is 10.3. The van der Waals surface area contributed by atoms with Gasteiger partial charge in [-0.1, -0.05) is 22.4 Å². The lowest BCUT2D eigenvalue weighted by molar-refractivity contribution is 0.129. The molecule has 0 rings (SSSR count). The molecular formula is C10H17BrO. The van der Waals surface area contributed by atoms with Crippen molar-refractivity contribution in [2.45, 2.75) is 32.1 Å². The van der Waals surface area contributed by atoms with E-state index in [1.165, 1.54) is 19.3 Å². The summed E-state index contributed by atoms with van der Waals surface area (Å²) in [6.07, 6.45) is 10.6. The summed E-state index contributed by atoms with van der Waals surface area (Å²) in [5.41, 5.74) is 0. The molecule has 0 amide bonds. The molecule has 0 aliphatic carbocycles. The molecule has 0 aromatic rings. The fourth-order valence-electron chi connectivity index (χ4n) is 0.854. The molecule has 0 aromatic heterocycles. The monoisotopic (exact) mass is 232 g/mol. The summed E-state index contributed by atoms with van der Waals surface area (Å²) in [6.45, 7) is 1.70. The fraction of sp³-hybridized carbons (Fsp3) is 0.800. The summed E-state index contributed by atoms with van der Waals surface area (Å²) in [5, 5.41) is 1.10. The lowest BCUT2D eigenvalue weighted by Crippen LogP contribution is -1.96. The Labute approximate surface area is 84.0 Å². The average Bonchev–Trinajstić information content (AvgIpc) is 2.10. The summed E-state index contributed by atoms with van der Waals surface area (Å²) >= 11 is 3.39. The quantitative estimate of drug-likeness (QED) is 0.356. The Morgan fingerprint density at radius 1 is 1.08 bits per heavy atom. The highest BCUT2D eigenvalue weighted by molar-refractivity contribution is 9.09. The number of ether oxygens (including phenoxy) is 1. The van der Waals surface area contributed by atoms with Crippen molar-refractivity contribution in [1.29, 1.82) is 0 Å². The maximum absolute atomic E-state index is 5.37. The number of hydrogen-bond donors (Lipinski definition) is 0. The molecule has 70 valence electrons. The van der Waals surface area contributed by atoms with Crippen LogP contribution in [0.2, 0.25) is 0 Å². The van der Waals surface area contributed by atoms with Gasteiger partial charge in [0.1, 0.15) is 0 Å². The molecule has 0 saturated carbocycles. The number of terminal acetylenes is 1. The van der Waals surface area contributed by atoms with Gasteiger partial charge in [0.15, 0.2) is 0 Å². The van der Waals surface area contributed by atoms with Crippen LogP contribution in [0.15, 0.2) is 0 Å². The number of hydrogen-bond acceptors (Lipinski definition) is 1. The highest BCUT2D eigenvalue weighted by atomic mass is 79.9. The Morgan fingerprint density at radius 2 is 1.83 bits per heavy atom. The molecule has 0 unspecified atom stereocenters. The Morgan fingerprint density at radius 3 is 2.50 bits per heavy atom. The van der Waals surface area contributed by atoms with Crippen molar-refractivity contribution in [3.8, 4) is 12.3 Å². The lowest BCUT2D eigenvalue weighted by Gasteiger charge is -2.01. The van der Waals surface area contributed by atoms with Crippen LogP contribution in [0.3, 0.4) is 0 Å². The van der Waals surface area contributed by atoms with Gasteiger partial charge in [-0.3, -0.25) is 0 Å². The van der Waals surface area contributed by atoms with E-state index in [4.69, 9.17) is 11.2 Å². The van der Waals surface area contributed by atoms with E-state index in [1.807, 2.05) is 0 Å². The van der Waals surface area contributed by atoms with E-state index in [2.05, 4.69) is 21.9 Å². The van der Waals surface area contributed by atoms with Gasteiger partial charge < -0.3 is 4.74 Å². The molecule has 1 nitrogen and oxygen atoms in total. The van der Waals surface area contributed by atoms with Gasteiger partial charge in [0.2, 0.25) is 0 Å². The number of rotatable bonds is 8. The van der Waals surface area contributed by atoms with Crippen molar-refractivity contribution in [3.63, 3.8) is 0 Å². The van der Waals surface area contributed by atoms with Crippen molar-refractivity contribution < 1.29 is 4.74 Å². The zero-order valence-corrected chi connectivity index (χ0v) is 9.11. The molecule has 0 radical (unpaired) electrons. The second-order valence-corrected chi connectivity index (χ2v) is 3.46. The third-order valence-electron chi connectivity index (χ3n) is 1.53. The molecule has 0 aliphatic heterocycles. The van der Waals surface area contributed by atoms with Crippen LogP contribution in [0, 0.1) is 12.3 Å². The van der Waals surface area contributed by atoms with E-state index in [1.54, 1.807) is 0 Å². The van der Waals surface area contributed by atoms with Gasteiger partial charge in [-0.15, -0.1) is 12.3 Å². The highest BCUT2D eigenvalue weighted by Crippen LogP contribution is 1.99. The van der Waals surface area contributed by atoms with Gasteiger partial charge in [-0.25, -0.2) is 0 Å². The summed E-state index contributed by atoms with van der Waals surface area (Å²) in [6, 6.07) is 0. The molecule has 12 heavy (non-hydrogen) atoms.